The van der Waals surface area contributed by atoms with E-state index in [0.717, 1.165) is 0 Å². The van der Waals surface area contributed by atoms with Crippen molar-refractivity contribution in [1.82, 2.24) is 5.32 Å². The summed E-state index contributed by atoms with van der Waals surface area (Å²) in [5.74, 6) is -0.287. The van der Waals surface area contributed by atoms with Crippen LogP contribution >= 0.6 is 0 Å². The molecule has 0 unspecified atom stereocenters. The van der Waals surface area contributed by atoms with Crippen molar-refractivity contribution in [1.29, 1.82) is 0 Å². The van der Waals surface area contributed by atoms with E-state index in [-0.39, 0.29) is 31.2 Å². The van der Waals surface area contributed by atoms with Crippen LogP contribution in [0.25, 0.3) is 0 Å². The van der Waals surface area contributed by atoms with E-state index < -0.39 is 0 Å². The first kappa shape index (κ1) is 10.4. The standard InChI is InChI=1S/C8H15NO4/c1-12-8(11)2-6-3-9-4-7(5-10)13-6/h6-7,9-10H,2-5H2,1H3/t6-,7-/m1/s1. The lowest BCUT2D eigenvalue weighted by Gasteiger charge is -2.29. The van der Waals surface area contributed by atoms with E-state index >= 15 is 0 Å². The van der Waals surface area contributed by atoms with E-state index in [1.54, 1.807) is 0 Å². The van der Waals surface area contributed by atoms with Crippen LogP contribution in [0.15, 0.2) is 0 Å². The molecule has 0 aromatic rings. The fraction of sp³-hybridized carbons (Fsp3) is 0.875. The number of rotatable bonds is 3. The summed E-state index contributed by atoms with van der Waals surface area (Å²) in [5.41, 5.74) is 0. The second-order valence-electron chi connectivity index (χ2n) is 3.00. The maximum absolute atomic E-state index is 10.9. The number of esters is 1. The van der Waals surface area contributed by atoms with Crippen LogP contribution in [-0.4, -0.2) is 50.1 Å². The van der Waals surface area contributed by atoms with Crippen LogP contribution in [-0.2, 0) is 14.3 Å². The molecule has 2 atom stereocenters. The fourth-order valence-electron chi connectivity index (χ4n) is 1.27. The third kappa shape index (κ3) is 3.30. The average Bonchev–Trinajstić information content (AvgIpc) is 2.18. The van der Waals surface area contributed by atoms with Crippen molar-refractivity contribution in [2.75, 3.05) is 26.8 Å². The van der Waals surface area contributed by atoms with Gasteiger partial charge >= 0.3 is 5.97 Å². The molecule has 1 saturated heterocycles. The van der Waals surface area contributed by atoms with Crippen molar-refractivity contribution in [2.45, 2.75) is 18.6 Å². The monoisotopic (exact) mass is 189 g/mol. The van der Waals surface area contributed by atoms with Gasteiger partial charge in [-0.3, -0.25) is 4.79 Å². The van der Waals surface area contributed by atoms with Gasteiger partial charge in [0.2, 0.25) is 0 Å². The number of morpholine rings is 1. The van der Waals surface area contributed by atoms with Crippen LogP contribution < -0.4 is 5.32 Å². The Labute approximate surface area is 77.0 Å². The Morgan fingerprint density at radius 2 is 2.31 bits per heavy atom. The van der Waals surface area contributed by atoms with Gasteiger partial charge in [0.15, 0.2) is 0 Å². The Bertz CT molecular complexity index is 174. The molecule has 76 valence electrons. The Morgan fingerprint density at radius 1 is 1.62 bits per heavy atom. The number of carbonyl (C=O) groups excluding carboxylic acids is 1. The molecule has 5 nitrogen and oxygen atoms in total. The Hall–Kier alpha value is -0.650. The zero-order valence-corrected chi connectivity index (χ0v) is 7.66. The highest BCUT2D eigenvalue weighted by Crippen LogP contribution is 2.07. The van der Waals surface area contributed by atoms with Crippen molar-refractivity contribution < 1.29 is 19.4 Å². The van der Waals surface area contributed by atoms with Gasteiger partial charge in [0.05, 0.1) is 32.3 Å². The number of hydrogen-bond acceptors (Lipinski definition) is 5. The topological polar surface area (TPSA) is 67.8 Å². The summed E-state index contributed by atoms with van der Waals surface area (Å²) in [7, 11) is 1.35. The van der Waals surface area contributed by atoms with E-state index in [1.807, 2.05) is 0 Å². The predicted molar refractivity (Wildman–Crippen MR) is 45.2 cm³/mol. The molecule has 0 spiro atoms. The first-order valence-corrected chi connectivity index (χ1v) is 4.30. The number of ether oxygens (including phenoxy) is 2. The van der Waals surface area contributed by atoms with E-state index in [0.29, 0.717) is 13.1 Å². The summed E-state index contributed by atoms with van der Waals surface area (Å²) < 4.78 is 9.91. The molecule has 0 radical (unpaired) electrons. The van der Waals surface area contributed by atoms with Gasteiger partial charge in [0.1, 0.15) is 0 Å². The van der Waals surface area contributed by atoms with Gasteiger partial charge in [0, 0.05) is 13.1 Å². The van der Waals surface area contributed by atoms with Gasteiger partial charge in [0.25, 0.3) is 0 Å². The van der Waals surface area contributed by atoms with Gasteiger partial charge in [-0.25, -0.2) is 0 Å². The second kappa shape index (κ2) is 5.16. The SMILES string of the molecule is COC(=O)C[C@@H]1CNC[C@H](CO)O1. The smallest absolute Gasteiger partial charge is 0.308 e. The van der Waals surface area contributed by atoms with Gasteiger partial charge in [-0.2, -0.15) is 0 Å². The molecule has 0 aromatic carbocycles. The summed E-state index contributed by atoms with van der Waals surface area (Å²) in [4.78, 5) is 10.9. The highest BCUT2D eigenvalue weighted by Gasteiger charge is 2.23. The summed E-state index contributed by atoms with van der Waals surface area (Å²) in [6.45, 7) is 1.24. The van der Waals surface area contributed by atoms with Crippen LogP contribution in [0.3, 0.4) is 0 Å². The lowest BCUT2D eigenvalue weighted by atomic mass is 10.2. The van der Waals surface area contributed by atoms with Crippen LogP contribution in [0.1, 0.15) is 6.42 Å². The van der Waals surface area contributed by atoms with Crippen molar-refractivity contribution in [2.24, 2.45) is 0 Å². The van der Waals surface area contributed by atoms with Crippen molar-refractivity contribution in [3.8, 4) is 0 Å². The minimum atomic E-state index is -0.287. The van der Waals surface area contributed by atoms with Gasteiger partial charge in [-0.15, -0.1) is 0 Å². The lowest BCUT2D eigenvalue weighted by Crippen LogP contribution is -2.46. The maximum Gasteiger partial charge on any atom is 0.308 e. The number of carbonyl (C=O) groups is 1. The van der Waals surface area contributed by atoms with Gasteiger partial charge in [-0.1, -0.05) is 0 Å². The molecule has 0 saturated carbocycles. The third-order valence-electron chi connectivity index (χ3n) is 1.95. The van der Waals surface area contributed by atoms with Gasteiger partial charge < -0.3 is 19.9 Å². The van der Waals surface area contributed by atoms with Crippen LogP contribution in [0.4, 0.5) is 0 Å². The Morgan fingerprint density at radius 3 is 2.92 bits per heavy atom. The Kier molecular flexibility index (Phi) is 4.14. The zero-order chi connectivity index (χ0) is 9.68. The van der Waals surface area contributed by atoms with E-state index in [2.05, 4.69) is 10.1 Å². The largest absolute Gasteiger partial charge is 0.469 e. The molecular weight excluding hydrogens is 174 g/mol. The minimum absolute atomic E-state index is 0.0231. The summed E-state index contributed by atoms with van der Waals surface area (Å²) in [6, 6.07) is 0. The zero-order valence-electron chi connectivity index (χ0n) is 7.66. The highest BCUT2D eigenvalue weighted by atomic mass is 16.5. The second-order valence-corrected chi connectivity index (χ2v) is 3.00. The van der Waals surface area contributed by atoms with Crippen molar-refractivity contribution in [3.63, 3.8) is 0 Å². The summed E-state index contributed by atoms with van der Waals surface area (Å²) >= 11 is 0. The molecule has 0 amide bonds. The quantitative estimate of drug-likeness (QED) is 0.551. The van der Waals surface area contributed by atoms with Crippen molar-refractivity contribution >= 4 is 5.97 Å². The molecular formula is C8H15NO4. The molecule has 2 N–H and O–H groups in total. The fourth-order valence-corrected chi connectivity index (χ4v) is 1.27. The lowest BCUT2D eigenvalue weighted by molar-refractivity contribution is -0.146. The highest BCUT2D eigenvalue weighted by molar-refractivity contribution is 5.69. The summed E-state index contributed by atoms with van der Waals surface area (Å²) in [6.07, 6.45) is -0.151. The number of hydrogen-bond donors (Lipinski definition) is 2. The number of methoxy groups -OCH3 is 1. The molecule has 0 aromatic heterocycles. The minimum Gasteiger partial charge on any atom is -0.469 e. The maximum atomic E-state index is 10.9. The number of aliphatic hydroxyl groups is 1. The normalized spacial score (nSPS) is 28.5. The molecule has 1 heterocycles. The van der Waals surface area contributed by atoms with Crippen LogP contribution in [0, 0.1) is 0 Å². The van der Waals surface area contributed by atoms with Gasteiger partial charge in [-0.05, 0) is 0 Å². The molecule has 1 aliphatic rings. The molecule has 13 heavy (non-hydrogen) atoms. The summed E-state index contributed by atoms with van der Waals surface area (Å²) in [5, 5.41) is 11.9. The molecule has 0 aliphatic carbocycles. The van der Waals surface area contributed by atoms with E-state index in [9.17, 15) is 4.79 Å². The number of aliphatic hydroxyl groups excluding tert-OH is 1. The third-order valence-corrected chi connectivity index (χ3v) is 1.95. The van der Waals surface area contributed by atoms with Crippen LogP contribution in [0.2, 0.25) is 0 Å². The predicted octanol–water partition coefficient (Wildman–Crippen LogP) is -1.10. The van der Waals surface area contributed by atoms with E-state index in [4.69, 9.17) is 9.84 Å². The van der Waals surface area contributed by atoms with Crippen molar-refractivity contribution in [3.05, 3.63) is 0 Å². The first-order chi connectivity index (χ1) is 6.26. The molecule has 1 fully saturated rings. The van der Waals surface area contributed by atoms with E-state index in [1.165, 1.54) is 7.11 Å². The molecule has 1 aliphatic heterocycles. The average molecular weight is 189 g/mol. The van der Waals surface area contributed by atoms with Crippen LogP contribution in [0.5, 0.6) is 0 Å². The Balaban J connectivity index is 2.29. The molecule has 5 heteroatoms. The first-order valence-electron chi connectivity index (χ1n) is 4.30. The molecule has 1 rings (SSSR count). The molecule has 0 bridgehead atoms. The number of nitrogens with one attached hydrogen (secondary N) is 1.